The van der Waals surface area contributed by atoms with Gasteiger partial charge in [0, 0.05) is 43.9 Å². The Morgan fingerprint density at radius 3 is 2.47 bits per heavy atom. The number of aryl methyl sites for hydroxylation is 2. The predicted octanol–water partition coefficient (Wildman–Crippen LogP) is 3.24. The van der Waals surface area contributed by atoms with Gasteiger partial charge in [-0.3, -0.25) is 14.4 Å². The van der Waals surface area contributed by atoms with Crippen LogP contribution < -0.4 is 10.2 Å². The van der Waals surface area contributed by atoms with Crippen LogP contribution in [0.1, 0.15) is 36.0 Å². The number of rotatable bonds is 4. The van der Waals surface area contributed by atoms with Crippen molar-refractivity contribution in [3.05, 3.63) is 53.2 Å². The van der Waals surface area contributed by atoms with Crippen molar-refractivity contribution < 1.29 is 14.4 Å². The Balaban J connectivity index is 1.32. The summed E-state index contributed by atoms with van der Waals surface area (Å²) < 4.78 is 0. The highest BCUT2D eigenvalue weighted by Crippen LogP contribution is 2.31. The summed E-state index contributed by atoms with van der Waals surface area (Å²) in [5, 5.41) is 2.87. The summed E-state index contributed by atoms with van der Waals surface area (Å²) >= 11 is 0. The summed E-state index contributed by atoms with van der Waals surface area (Å²) in [4.78, 5) is 46.2. The van der Waals surface area contributed by atoms with E-state index in [9.17, 15) is 14.4 Å². The molecule has 0 spiro atoms. The number of nitrogens with zero attached hydrogens (tertiary/aromatic N) is 3. The van der Waals surface area contributed by atoms with Crippen LogP contribution in [0.5, 0.6) is 0 Å². The van der Waals surface area contributed by atoms with Gasteiger partial charge in [0.25, 0.3) is 0 Å². The molecule has 1 aromatic carbocycles. The first-order chi connectivity index (χ1) is 15.3. The molecule has 7 nitrogen and oxygen atoms in total. The smallest absolute Gasteiger partial charge is 0.228 e. The molecule has 168 valence electrons. The Hall–Kier alpha value is -3.22. The van der Waals surface area contributed by atoms with E-state index in [4.69, 9.17) is 0 Å². The number of pyridine rings is 1. The van der Waals surface area contributed by atoms with Gasteiger partial charge in [0.05, 0.1) is 5.92 Å². The number of amides is 3. The molecule has 2 aromatic rings. The number of benzene rings is 1. The van der Waals surface area contributed by atoms with Crippen LogP contribution in [0.2, 0.25) is 0 Å². The first kappa shape index (κ1) is 22.0. The number of aromatic nitrogens is 1. The van der Waals surface area contributed by atoms with Gasteiger partial charge < -0.3 is 15.1 Å². The van der Waals surface area contributed by atoms with Gasteiger partial charge in [-0.25, -0.2) is 4.98 Å². The van der Waals surface area contributed by atoms with Gasteiger partial charge in [0.15, 0.2) is 0 Å². The number of likely N-dealkylation sites (tertiary alicyclic amines) is 1. The molecule has 0 bridgehead atoms. The summed E-state index contributed by atoms with van der Waals surface area (Å²) in [6.45, 7) is 7.47. The standard InChI is InChI=1S/C25H30N4O3/c1-16-7-8-22(26-14-16)27-24(31)19-9-11-28(12-10-19)25(32)20-13-23(30)29(15-20)21-6-4-5-17(2)18(21)3/h4-8,14,19-20H,9-13,15H2,1-3H3,(H,26,27,31). The van der Waals surface area contributed by atoms with Crippen LogP contribution in [0.15, 0.2) is 36.5 Å². The van der Waals surface area contributed by atoms with Gasteiger partial charge in [0.1, 0.15) is 5.82 Å². The topological polar surface area (TPSA) is 82.6 Å². The summed E-state index contributed by atoms with van der Waals surface area (Å²) in [6.07, 6.45) is 3.20. The van der Waals surface area contributed by atoms with Gasteiger partial charge in [0.2, 0.25) is 17.7 Å². The Kier molecular flexibility index (Phi) is 6.26. The van der Waals surface area contributed by atoms with Gasteiger partial charge >= 0.3 is 0 Å². The quantitative estimate of drug-likeness (QED) is 0.801. The normalized spacial score (nSPS) is 19.3. The minimum absolute atomic E-state index is 0.00286. The lowest BCUT2D eigenvalue weighted by molar-refractivity contribution is -0.138. The number of anilines is 2. The molecule has 2 saturated heterocycles. The highest BCUT2D eigenvalue weighted by molar-refractivity contribution is 6.01. The molecule has 0 saturated carbocycles. The third-order valence-electron chi connectivity index (χ3n) is 6.68. The third kappa shape index (κ3) is 4.52. The van der Waals surface area contributed by atoms with E-state index in [0.717, 1.165) is 22.4 Å². The average molecular weight is 435 g/mol. The second-order valence-corrected chi connectivity index (χ2v) is 8.93. The first-order valence-electron chi connectivity index (χ1n) is 11.2. The van der Waals surface area contributed by atoms with Gasteiger partial charge in [-0.05, 0) is 62.4 Å². The van der Waals surface area contributed by atoms with Crippen LogP contribution in [0.4, 0.5) is 11.5 Å². The maximum Gasteiger partial charge on any atom is 0.228 e. The molecule has 3 heterocycles. The molecule has 1 atom stereocenters. The number of carbonyl (C=O) groups excluding carboxylic acids is 3. The van der Waals surface area contributed by atoms with E-state index >= 15 is 0 Å². The van der Waals surface area contributed by atoms with Crippen molar-refractivity contribution in [2.24, 2.45) is 11.8 Å². The van der Waals surface area contributed by atoms with Crippen molar-refractivity contribution in [3.63, 3.8) is 0 Å². The molecule has 2 aliphatic heterocycles. The Morgan fingerprint density at radius 1 is 1.03 bits per heavy atom. The summed E-state index contributed by atoms with van der Waals surface area (Å²) in [7, 11) is 0. The van der Waals surface area contributed by atoms with Crippen LogP contribution in [0.3, 0.4) is 0 Å². The molecular formula is C25H30N4O3. The first-order valence-corrected chi connectivity index (χ1v) is 11.2. The maximum absolute atomic E-state index is 13.1. The largest absolute Gasteiger partial charge is 0.342 e. The zero-order valence-corrected chi connectivity index (χ0v) is 18.9. The number of hydrogen-bond acceptors (Lipinski definition) is 4. The monoisotopic (exact) mass is 434 g/mol. The predicted molar refractivity (Wildman–Crippen MR) is 123 cm³/mol. The molecule has 2 fully saturated rings. The lowest BCUT2D eigenvalue weighted by atomic mass is 9.94. The molecule has 7 heteroatoms. The Morgan fingerprint density at radius 2 is 1.78 bits per heavy atom. The van der Waals surface area contributed by atoms with E-state index in [2.05, 4.69) is 10.3 Å². The highest BCUT2D eigenvalue weighted by atomic mass is 16.2. The van der Waals surface area contributed by atoms with E-state index in [-0.39, 0.29) is 36.0 Å². The van der Waals surface area contributed by atoms with Crippen molar-refractivity contribution in [2.75, 3.05) is 29.9 Å². The minimum Gasteiger partial charge on any atom is -0.342 e. The SMILES string of the molecule is Cc1ccc(NC(=O)C2CCN(C(=O)C3CC(=O)N(c4cccc(C)c4C)C3)CC2)nc1. The second-order valence-electron chi connectivity index (χ2n) is 8.93. The van der Waals surface area contributed by atoms with Crippen LogP contribution in [0, 0.1) is 32.6 Å². The van der Waals surface area contributed by atoms with E-state index in [1.807, 2.05) is 49.9 Å². The zero-order valence-electron chi connectivity index (χ0n) is 18.9. The fourth-order valence-electron chi connectivity index (χ4n) is 4.52. The van der Waals surface area contributed by atoms with Crippen molar-refractivity contribution in [1.29, 1.82) is 0 Å². The molecule has 0 aliphatic carbocycles. The lowest BCUT2D eigenvalue weighted by Crippen LogP contribution is -2.44. The van der Waals surface area contributed by atoms with Crippen LogP contribution >= 0.6 is 0 Å². The Labute approximate surface area is 188 Å². The van der Waals surface area contributed by atoms with E-state index in [0.29, 0.717) is 38.3 Å². The van der Waals surface area contributed by atoms with Crippen molar-refractivity contribution in [1.82, 2.24) is 9.88 Å². The molecule has 2 aliphatic rings. The summed E-state index contributed by atoms with van der Waals surface area (Å²) in [6, 6.07) is 9.62. The number of carbonyl (C=O) groups is 3. The fourth-order valence-corrected chi connectivity index (χ4v) is 4.52. The molecular weight excluding hydrogens is 404 g/mol. The van der Waals surface area contributed by atoms with Crippen LogP contribution in [0.25, 0.3) is 0 Å². The van der Waals surface area contributed by atoms with E-state index in [1.54, 1.807) is 17.2 Å². The van der Waals surface area contributed by atoms with Crippen molar-refractivity contribution >= 4 is 29.2 Å². The molecule has 0 radical (unpaired) electrons. The van der Waals surface area contributed by atoms with E-state index in [1.165, 1.54) is 0 Å². The van der Waals surface area contributed by atoms with Crippen molar-refractivity contribution in [3.8, 4) is 0 Å². The molecule has 32 heavy (non-hydrogen) atoms. The van der Waals surface area contributed by atoms with E-state index < -0.39 is 0 Å². The second kappa shape index (κ2) is 9.10. The average Bonchev–Trinajstić information content (AvgIpc) is 3.18. The fraction of sp³-hybridized carbons (Fsp3) is 0.440. The molecule has 1 aromatic heterocycles. The zero-order chi connectivity index (χ0) is 22.8. The molecule has 4 rings (SSSR count). The Bertz CT molecular complexity index is 1030. The number of nitrogens with one attached hydrogen (secondary N) is 1. The molecule has 3 amide bonds. The van der Waals surface area contributed by atoms with Gasteiger partial charge in [-0.15, -0.1) is 0 Å². The van der Waals surface area contributed by atoms with Gasteiger partial charge in [-0.2, -0.15) is 0 Å². The molecule has 1 unspecified atom stereocenters. The van der Waals surface area contributed by atoms with Crippen molar-refractivity contribution in [2.45, 2.75) is 40.0 Å². The lowest BCUT2D eigenvalue weighted by Gasteiger charge is -2.33. The summed E-state index contributed by atoms with van der Waals surface area (Å²) in [5.41, 5.74) is 4.14. The molecule has 1 N–H and O–H groups in total. The third-order valence-corrected chi connectivity index (χ3v) is 6.68. The van der Waals surface area contributed by atoms with Gasteiger partial charge in [-0.1, -0.05) is 18.2 Å². The number of hydrogen-bond donors (Lipinski definition) is 1. The minimum atomic E-state index is -0.329. The highest BCUT2D eigenvalue weighted by Gasteiger charge is 2.39. The van der Waals surface area contributed by atoms with Crippen LogP contribution in [-0.2, 0) is 14.4 Å². The number of piperidine rings is 1. The maximum atomic E-state index is 13.1. The summed E-state index contributed by atoms with van der Waals surface area (Å²) in [5.74, 6) is 0.0474. The van der Waals surface area contributed by atoms with Crippen LogP contribution in [-0.4, -0.2) is 47.2 Å².